The lowest BCUT2D eigenvalue weighted by Crippen LogP contribution is -2.01. The summed E-state index contributed by atoms with van der Waals surface area (Å²) in [5.74, 6) is -0.239. The monoisotopic (exact) mass is 252 g/mol. The Bertz CT molecular complexity index is 710. The van der Waals surface area contributed by atoms with E-state index in [0.717, 1.165) is 22.3 Å². The number of nitrogens with one attached hydrogen (secondary N) is 1. The quantitative estimate of drug-likeness (QED) is 0.762. The van der Waals surface area contributed by atoms with Crippen LogP contribution in [0.3, 0.4) is 0 Å². The summed E-state index contributed by atoms with van der Waals surface area (Å²) in [7, 11) is 0. The second-order valence-corrected chi connectivity index (χ2v) is 4.36. The van der Waals surface area contributed by atoms with E-state index >= 15 is 0 Å². The average molecular weight is 252 g/mol. The molecule has 0 unspecified atom stereocenters. The Morgan fingerprint density at radius 1 is 0.947 bits per heavy atom. The number of hydrogen-bond acceptors (Lipinski definition) is 2. The van der Waals surface area contributed by atoms with E-state index in [9.17, 15) is 4.39 Å². The van der Waals surface area contributed by atoms with E-state index in [1.165, 1.54) is 12.1 Å². The smallest absolute Gasteiger partial charge is 0.125 e. The second-order valence-electron chi connectivity index (χ2n) is 4.36. The lowest BCUT2D eigenvalue weighted by molar-refractivity contribution is 0.628. The molecule has 2 nitrogen and oxygen atoms in total. The van der Waals surface area contributed by atoms with E-state index in [4.69, 9.17) is 0 Å². The third kappa shape index (κ3) is 2.71. The van der Waals surface area contributed by atoms with Gasteiger partial charge in [-0.3, -0.25) is 4.98 Å². The van der Waals surface area contributed by atoms with Crippen LogP contribution in [0, 0.1) is 5.82 Å². The first-order chi connectivity index (χ1) is 9.31. The number of rotatable bonds is 3. The molecule has 3 rings (SSSR count). The fraction of sp³-hybridized carbons (Fsp3) is 0.0625. The third-order valence-corrected chi connectivity index (χ3v) is 2.95. The summed E-state index contributed by atoms with van der Waals surface area (Å²) in [5.41, 5.74) is 2.67. The van der Waals surface area contributed by atoms with Gasteiger partial charge in [-0.2, -0.15) is 0 Å². The van der Waals surface area contributed by atoms with Gasteiger partial charge in [0.2, 0.25) is 0 Å². The van der Waals surface area contributed by atoms with Crippen LogP contribution in [0.25, 0.3) is 10.9 Å². The summed E-state index contributed by atoms with van der Waals surface area (Å²) >= 11 is 0. The van der Waals surface area contributed by atoms with Crippen molar-refractivity contribution in [2.75, 3.05) is 5.32 Å². The summed E-state index contributed by atoms with van der Waals surface area (Å²) in [6.45, 7) is 0.578. The van der Waals surface area contributed by atoms with Crippen molar-refractivity contribution in [1.29, 1.82) is 0 Å². The van der Waals surface area contributed by atoms with E-state index in [1.54, 1.807) is 6.07 Å². The maximum atomic E-state index is 13.0. The summed E-state index contributed by atoms with van der Waals surface area (Å²) in [5, 5.41) is 4.29. The second kappa shape index (κ2) is 5.06. The average Bonchev–Trinajstić information content (AvgIpc) is 2.45. The van der Waals surface area contributed by atoms with Crippen LogP contribution in [0.15, 0.2) is 60.7 Å². The lowest BCUT2D eigenvalue weighted by Gasteiger charge is -2.07. The molecule has 0 bridgehead atoms. The number of fused-ring (bicyclic) bond motifs is 1. The van der Waals surface area contributed by atoms with Gasteiger partial charge in [0, 0.05) is 11.1 Å². The Balaban J connectivity index is 1.78. The number of hydrogen-bond donors (Lipinski definition) is 1. The minimum atomic E-state index is -0.239. The van der Waals surface area contributed by atoms with Crippen LogP contribution in [0.2, 0.25) is 0 Å². The molecule has 3 heteroatoms. The highest BCUT2D eigenvalue weighted by atomic mass is 19.1. The fourth-order valence-corrected chi connectivity index (χ4v) is 2.00. The number of para-hydroxylation sites is 1. The molecule has 0 aliphatic heterocycles. The van der Waals surface area contributed by atoms with Gasteiger partial charge >= 0.3 is 0 Å². The van der Waals surface area contributed by atoms with Gasteiger partial charge in [0.25, 0.3) is 0 Å². The minimum Gasteiger partial charge on any atom is -0.379 e. The number of halogens is 1. The van der Waals surface area contributed by atoms with Crippen molar-refractivity contribution < 1.29 is 4.39 Å². The molecule has 1 N–H and O–H groups in total. The molecule has 3 aromatic rings. The van der Waals surface area contributed by atoms with Gasteiger partial charge in [0.05, 0.1) is 17.8 Å². The van der Waals surface area contributed by atoms with Crippen LogP contribution in [0.4, 0.5) is 10.1 Å². The Morgan fingerprint density at radius 3 is 2.74 bits per heavy atom. The first-order valence-electron chi connectivity index (χ1n) is 6.15. The Morgan fingerprint density at radius 2 is 1.84 bits per heavy atom. The van der Waals surface area contributed by atoms with E-state index in [0.29, 0.717) is 6.54 Å². The van der Waals surface area contributed by atoms with Gasteiger partial charge in [-0.25, -0.2) is 4.39 Å². The van der Waals surface area contributed by atoms with Crippen LogP contribution in [-0.4, -0.2) is 4.98 Å². The molecule has 0 saturated carbocycles. The maximum absolute atomic E-state index is 13.0. The van der Waals surface area contributed by atoms with Crippen LogP contribution < -0.4 is 5.32 Å². The Hall–Kier alpha value is -2.42. The van der Waals surface area contributed by atoms with Crippen LogP contribution in [-0.2, 0) is 6.54 Å². The molecule has 1 heterocycles. The Labute approximate surface area is 110 Å². The highest BCUT2D eigenvalue weighted by Crippen LogP contribution is 2.14. The predicted molar refractivity (Wildman–Crippen MR) is 75.5 cm³/mol. The van der Waals surface area contributed by atoms with Crippen molar-refractivity contribution in [3.8, 4) is 0 Å². The number of aromatic nitrogens is 1. The molecular formula is C16H13FN2. The molecule has 1 aromatic heterocycles. The highest BCUT2D eigenvalue weighted by Gasteiger charge is 1.99. The van der Waals surface area contributed by atoms with E-state index in [2.05, 4.69) is 10.3 Å². The molecular weight excluding hydrogens is 239 g/mol. The number of nitrogens with zero attached hydrogens (tertiary/aromatic N) is 1. The normalized spacial score (nSPS) is 10.6. The molecule has 2 aromatic carbocycles. The molecule has 19 heavy (non-hydrogen) atoms. The van der Waals surface area contributed by atoms with Gasteiger partial charge in [0.1, 0.15) is 5.82 Å². The van der Waals surface area contributed by atoms with E-state index < -0.39 is 0 Å². The Kier molecular flexibility index (Phi) is 3.11. The molecule has 0 aliphatic rings. The van der Waals surface area contributed by atoms with Crippen molar-refractivity contribution in [2.45, 2.75) is 6.54 Å². The summed E-state index contributed by atoms with van der Waals surface area (Å²) in [6, 6.07) is 18.4. The standard InChI is InChI=1S/C16H13FN2/c17-13-5-3-6-14(10-13)18-11-15-9-8-12-4-1-2-7-16(12)19-15/h1-10,18H,11H2. The largest absolute Gasteiger partial charge is 0.379 e. The maximum Gasteiger partial charge on any atom is 0.125 e. The SMILES string of the molecule is Fc1cccc(NCc2ccc3ccccc3n2)c1. The number of pyridine rings is 1. The molecule has 0 radical (unpaired) electrons. The number of benzene rings is 2. The molecule has 94 valence electrons. The van der Waals surface area contributed by atoms with Crippen LogP contribution >= 0.6 is 0 Å². The van der Waals surface area contributed by atoms with Crippen molar-refractivity contribution >= 4 is 16.6 Å². The zero-order chi connectivity index (χ0) is 13.1. The van der Waals surface area contributed by atoms with Crippen LogP contribution in [0.5, 0.6) is 0 Å². The summed E-state index contributed by atoms with van der Waals surface area (Å²) < 4.78 is 13.0. The van der Waals surface area contributed by atoms with Gasteiger partial charge in [-0.15, -0.1) is 0 Å². The first-order valence-corrected chi connectivity index (χ1v) is 6.15. The van der Waals surface area contributed by atoms with Gasteiger partial charge in [-0.05, 0) is 30.3 Å². The van der Waals surface area contributed by atoms with Gasteiger partial charge in [-0.1, -0.05) is 30.3 Å². The summed E-state index contributed by atoms with van der Waals surface area (Å²) in [4.78, 5) is 4.56. The van der Waals surface area contributed by atoms with E-state index in [1.807, 2.05) is 42.5 Å². The van der Waals surface area contributed by atoms with Gasteiger partial charge in [0.15, 0.2) is 0 Å². The molecule has 0 aliphatic carbocycles. The van der Waals surface area contributed by atoms with Crippen molar-refractivity contribution in [1.82, 2.24) is 4.98 Å². The zero-order valence-electron chi connectivity index (χ0n) is 10.3. The zero-order valence-corrected chi connectivity index (χ0v) is 10.3. The molecule has 0 fully saturated rings. The van der Waals surface area contributed by atoms with Crippen molar-refractivity contribution in [3.63, 3.8) is 0 Å². The van der Waals surface area contributed by atoms with Crippen LogP contribution in [0.1, 0.15) is 5.69 Å². The minimum absolute atomic E-state index is 0.239. The van der Waals surface area contributed by atoms with Crippen molar-refractivity contribution in [2.24, 2.45) is 0 Å². The summed E-state index contributed by atoms with van der Waals surface area (Å²) in [6.07, 6.45) is 0. The highest BCUT2D eigenvalue weighted by molar-refractivity contribution is 5.78. The molecule has 0 saturated heterocycles. The molecule has 0 spiro atoms. The molecule has 0 amide bonds. The molecule has 0 atom stereocenters. The van der Waals surface area contributed by atoms with E-state index in [-0.39, 0.29) is 5.82 Å². The van der Waals surface area contributed by atoms with Gasteiger partial charge < -0.3 is 5.32 Å². The fourth-order valence-electron chi connectivity index (χ4n) is 2.00. The topological polar surface area (TPSA) is 24.9 Å². The number of anilines is 1. The first kappa shape index (κ1) is 11.7. The third-order valence-electron chi connectivity index (χ3n) is 2.95. The lowest BCUT2D eigenvalue weighted by atomic mass is 10.2. The van der Waals surface area contributed by atoms with Crippen molar-refractivity contribution in [3.05, 3.63) is 72.2 Å². The predicted octanol–water partition coefficient (Wildman–Crippen LogP) is 3.99.